The van der Waals surface area contributed by atoms with Crippen molar-refractivity contribution >= 4 is 5.97 Å². The molecule has 3 nitrogen and oxygen atoms in total. The van der Waals surface area contributed by atoms with Gasteiger partial charge in [0.25, 0.3) is 0 Å². The van der Waals surface area contributed by atoms with Crippen LogP contribution in [0.15, 0.2) is 29.5 Å². The van der Waals surface area contributed by atoms with E-state index in [1.165, 1.54) is 0 Å². The van der Waals surface area contributed by atoms with E-state index in [1.807, 2.05) is 30.9 Å². The summed E-state index contributed by atoms with van der Waals surface area (Å²) in [6.07, 6.45) is 0. The minimum atomic E-state index is -0.559. The molecule has 0 spiro atoms. The third-order valence-electron chi connectivity index (χ3n) is 1.90. The van der Waals surface area contributed by atoms with Crippen molar-refractivity contribution in [2.75, 3.05) is 34.2 Å². The summed E-state index contributed by atoms with van der Waals surface area (Å²) in [6, 6.07) is 0. The minimum Gasteiger partial charge on any atom is -0.359 e. The number of rotatable bonds is 6. The monoisotopic (exact) mass is 213 g/mol. The Labute approximate surface area is 91.6 Å². The number of allylic oxidation sites excluding steroid dienone is 1. The Bertz CT molecular complexity index is 269. The molecule has 0 rings (SSSR count). The average molecular weight is 213 g/mol. The second kappa shape index (κ2) is 6.35. The summed E-state index contributed by atoms with van der Waals surface area (Å²) >= 11 is 0. The van der Waals surface area contributed by atoms with Gasteiger partial charge >= 0.3 is 0 Å². The number of hydrogen-bond donors (Lipinski definition) is 0. The highest BCUT2D eigenvalue weighted by molar-refractivity contribution is 5.91. The van der Waals surface area contributed by atoms with E-state index in [1.54, 1.807) is 6.92 Å². The number of likely N-dealkylation sites (N-methyl/N-ethyl adjacent to an activating group) is 2. The van der Waals surface area contributed by atoms with Crippen LogP contribution < -0.4 is 0 Å². The SMILES string of the molecule is C=C(C)/C(F)=N\C(=C)N(C)CCN(C)C. The van der Waals surface area contributed by atoms with E-state index < -0.39 is 5.97 Å². The van der Waals surface area contributed by atoms with Gasteiger partial charge in [0.1, 0.15) is 5.82 Å². The van der Waals surface area contributed by atoms with Crippen LogP contribution in [0.25, 0.3) is 0 Å². The van der Waals surface area contributed by atoms with Crippen LogP contribution in [-0.2, 0) is 0 Å². The third kappa shape index (κ3) is 6.01. The molecule has 0 amide bonds. The summed E-state index contributed by atoms with van der Waals surface area (Å²) in [5.41, 5.74) is 0.317. The summed E-state index contributed by atoms with van der Waals surface area (Å²) < 4.78 is 13.1. The minimum absolute atomic E-state index is 0.317. The second-order valence-electron chi connectivity index (χ2n) is 3.82. The van der Waals surface area contributed by atoms with Crippen LogP contribution in [0, 0.1) is 0 Å². The van der Waals surface area contributed by atoms with E-state index in [-0.39, 0.29) is 0 Å². The van der Waals surface area contributed by atoms with E-state index in [9.17, 15) is 4.39 Å². The molecule has 0 unspecified atom stereocenters. The zero-order valence-electron chi connectivity index (χ0n) is 10.0. The fourth-order valence-corrected chi connectivity index (χ4v) is 0.773. The predicted octanol–water partition coefficient (Wildman–Crippen LogP) is 1.90. The number of aliphatic imine (C=N–C) groups is 1. The molecule has 0 radical (unpaired) electrons. The summed E-state index contributed by atoms with van der Waals surface area (Å²) in [5, 5.41) is 0. The second-order valence-corrected chi connectivity index (χ2v) is 3.82. The zero-order valence-corrected chi connectivity index (χ0v) is 10.0. The Kier molecular flexibility index (Phi) is 5.86. The smallest absolute Gasteiger partial charge is 0.217 e. The van der Waals surface area contributed by atoms with Gasteiger partial charge in [-0.05, 0) is 26.6 Å². The summed E-state index contributed by atoms with van der Waals surface area (Å²) in [4.78, 5) is 7.57. The van der Waals surface area contributed by atoms with Crippen molar-refractivity contribution in [1.29, 1.82) is 0 Å². The average Bonchev–Trinajstić information content (AvgIpc) is 2.13. The first-order valence-electron chi connectivity index (χ1n) is 4.79. The Morgan fingerprint density at radius 1 is 1.20 bits per heavy atom. The highest BCUT2D eigenvalue weighted by atomic mass is 19.1. The molecule has 0 aromatic heterocycles. The normalized spacial score (nSPS) is 11.7. The molecule has 0 aliphatic carbocycles. The van der Waals surface area contributed by atoms with Gasteiger partial charge in [0.05, 0.1) is 0 Å². The Hall–Kier alpha value is -1.16. The van der Waals surface area contributed by atoms with Gasteiger partial charge in [0, 0.05) is 20.1 Å². The molecule has 0 aromatic rings. The van der Waals surface area contributed by atoms with Gasteiger partial charge in [-0.2, -0.15) is 4.39 Å². The molecule has 0 fully saturated rings. The largest absolute Gasteiger partial charge is 0.359 e. The van der Waals surface area contributed by atoms with Crippen molar-refractivity contribution in [3.63, 3.8) is 0 Å². The van der Waals surface area contributed by atoms with Crippen molar-refractivity contribution in [2.45, 2.75) is 6.92 Å². The summed E-state index contributed by atoms with van der Waals surface area (Å²) in [6.45, 7) is 10.4. The van der Waals surface area contributed by atoms with Crippen LogP contribution in [0.5, 0.6) is 0 Å². The van der Waals surface area contributed by atoms with Crippen LogP contribution in [0.3, 0.4) is 0 Å². The molecule has 0 saturated carbocycles. The number of halogens is 1. The molecule has 4 heteroatoms. The van der Waals surface area contributed by atoms with Crippen LogP contribution in [0.4, 0.5) is 4.39 Å². The maximum Gasteiger partial charge on any atom is 0.217 e. The molecule has 0 N–H and O–H groups in total. The van der Waals surface area contributed by atoms with E-state index in [4.69, 9.17) is 0 Å². The lowest BCUT2D eigenvalue weighted by atomic mass is 10.4. The molecule has 0 saturated heterocycles. The van der Waals surface area contributed by atoms with Crippen molar-refractivity contribution in [3.8, 4) is 0 Å². The topological polar surface area (TPSA) is 18.8 Å². The molecule has 0 atom stereocenters. The third-order valence-corrected chi connectivity index (χ3v) is 1.90. The van der Waals surface area contributed by atoms with Gasteiger partial charge in [0.2, 0.25) is 5.97 Å². The van der Waals surface area contributed by atoms with E-state index in [0.29, 0.717) is 11.4 Å². The molecule has 0 aliphatic rings. The van der Waals surface area contributed by atoms with Crippen molar-refractivity contribution in [2.24, 2.45) is 4.99 Å². The Balaban J connectivity index is 4.21. The lowest BCUT2D eigenvalue weighted by Gasteiger charge is -2.20. The van der Waals surface area contributed by atoms with Crippen LogP contribution in [0.2, 0.25) is 0 Å². The molecule has 0 aromatic carbocycles. The zero-order chi connectivity index (χ0) is 12.0. The fourth-order valence-electron chi connectivity index (χ4n) is 0.773. The maximum absolute atomic E-state index is 13.1. The van der Waals surface area contributed by atoms with Crippen molar-refractivity contribution < 1.29 is 4.39 Å². The fraction of sp³-hybridized carbons (Fsp3) is 0.545. The Morgan fingerprint density at radius 3 is 2.13 bits per heavy atom. The predicted molar refractivity (Wildman–Crippen MR) is 63.7 cm³/mol. The van der Waals surface area contributed by atoms with Gasteiger partial charge in [-0.15, -0.1) is 0 Å². The molecule has 0 aliphatic heterocycles. The first-order valence-corrected chi connectivity index (χ1v) is 4.79. The lowest BCUT2D eigenvalue weighted by molar-refractivity contribution is 0.324. The van der Waals surface area contributed by atoms with Gasteiger partial charge in [-0.1, -0.05) is 13.2 Å². The van der Waals surface area contributed by atoms with Crippen LogP contribution >= 0.6 is 0 Å². The van der Waals surface area contributed by atoms with E-state index in [2.05, 4.69) is 18.2 Å². The van der Waals surface area contributed by atoms with Gasteiger partial charge in [-0.3, -0.25) is 0 Å². The van der Waals surface area contributed by atoms with Crippen LogP contribution in [0.1, 0.15) is 6.92 Å². The molecule has 86 valence electrons. The standard InChI is InChI=1S/C11H20FN3/c1-9(2)11(12)13-10(3)15(6)8-7-14(4)5/h1,3,7-8H2,2,4-6H3/b13-11+. The number of hydrogen-bond acceptors (Lipinski definition) is 3. The maximum atomic E-state index is 13.1. The lowest BCUT2D eigenvalue weighted by Crippen LogP contribution is -2.27. The van der Waals surface area contributed by atoms with E-state index in [0.717, 1.165) is 13.1 Å². The first-order chi connectivity index (χ1) is 6.84. The molecule has 0 heterocycles. The first kappa shape index (κ1) is 13.8. The van der Waals surface area contributed by atoms with Gasteiger partial charge in [0.15, 0.2) is 0 Å². The molecule has 0 bridgehead atoms. The van der Waals surface area contributed by atoms with E-state index >= 15 is 0 Å². The highest BCUT2D eigenvalue weighted by Crippen LogP contribution is 2.04. The molecular weight excluding hydrogens is 193 g/mol. The van der Waals surface area contributed by atoms with Gasteiger partial charge in [-0.25, -0.2) is 4.99 Å². The quantitative estimate of drug-likeness (QED) is 0.627. The van der Waals surface area contributed by atoms with Crippen molar-refractivity contribution in [3.05, 3.63) is 24.6 Å². The Morgan fingerprint density at radius 2 is 1.73 bits per heavy atom. The number of nitrogens with zero attached hydrogens (tertiary/aromatic N) is 3. The highest BCUT2D eigenvalue weighted by Gasteiger charge is 2.04. The van der Waals surface area contributed by atoms with Crippen LogP contribution in [-0.4, -0.2) is 50.0 Å². The summed E-state index contributed by atoms with van der Waals surface area (Å²) in [7, 11) is 5.80. The van der Waals surface area contributed by atoms with Crippen molar-refractivity contribution in [1.82, 2.24) is 9.80 Å². The molecular formula is C11H20FN3. The molecule has 15 heavy (non-hydrogen) atoms. The summed E-state index contributed by atoms with van der Waals surface area (Å²) in [5.74, 6) is -0.144. The van der Waals surface area contributed by atoms with Gasteiger partial charge < -0.3 is 9.80 Å².